The van der Waals surface area contributed by atoms with Gasteiger partial charge < -0.3 is 19.5 Å². The second kappa shape index (κ2) is 7.75. The molecule has 5 nitrogen and oxygen atoms in total. The smallest absolute Gasteiger partial charge is 0.249 e. The van der Waals surface area contributed by atoms with Gasteiger partial charge in [0.25, 0.3) is 0 Å². The fourth-order valence-corrected chi connectivity index (χ4v) is 2.04. The third kappa shape index (κ3) is 4.42. The van der Waals surface area contributed by atoms with Crippen molar-refractivity contribution in [1.29, 1.82) is 0 Å². The Morgan fingerprint density at radius 1 is 1.35 bits per heavy atom. The fraction of sp³-hybridized carbons (Fsp3) is 0.533. The summed E-state index contributed by atoms with van der Waals surface area (Å²) in [7, 11) is 1.63. The molecule has 110 valence electrons. The van der Waals surface area contributed by atoms with Gasteiger partial charge in [-0.1, -0.05) is 0 Å². The van der Waals surface area contributed by atoms with Crippen LogP contribution in [0.15, 0.2) is 24.3 Å². The van der Waals surface area contributed by atoms with Gasteiger partial charge in [-0.25, -0.2) is 0 Å². The highest BCUT2D eigenvalue weighted by Gasteiger charge is 2.22. The summed E-state index contributed by atoms with van der Waals surface area (Å²) in [6.45, 7) is 1.87. The molecule has 1 aromatic rings. The largest absolute Gasteiger partial charge is 0.497 e. The van der Waals surface area contributed by atoms with Gasteiger partial charge >= 0.3 is 0 Å². The first kappa shape index (κ1) is 14.7. The van der Waals surface area contributed by atoms with Crippen LogP contribution in [0.2, 0.25) is 0 Å². The summed E-state index contributed by atoms with van der Waals surface area (Å²) in [5, 5.41) is 2.87. The number of rotatable bonds is 7. The van der Waals surface area contributed by atoms with Gasteiger partial charge in [0.2, 0.25) is 5.91 Å². The molecule has 5 heteroatoms. The summed E-state index contributed by atoms with van der Waals surface area (Å²) in [4.78, 5) is 11.7. The molecule has 1 N–H and O–H groups in total. The zero-order valence-electron chi connectivity index (χ0n) is 11.8. The molecule has 1 aromatic carbocycles. The topological polar surface area (TPSA) is 56.8 Å². The Labute approximate surface area is 119 Å². The molecule has 1 fully saturated rings. The van der Waals surface area contributed by atoms with E-state index in [4.69, 9.17) is 14.2 Å². The molecule has 1 saturated heterocycles. The highest BCUT2D eigenvalue weighted by Crippen LogP contribution is 2.17. The molecule has 1 heterocycles. The molecule has 0 radical (unpaired) electrons. The van der Waals surface area contributed by atoms with Crippen LogP contribution < -0.4 is 14.8 Å². The lowest BCUT2D eigenvalue weighted by molar-refractivity contribution is -0.130. The van der Waals surface area contributed by atoms with Gasteiger partial charge in [0.15, 0.2) is 0 Å². The van der Waals surface area contributed by atoms with Crippen LogP contribution in [0.3, 0.4) is 0 Å². The van der Waals surface area contributed by atoms with Gasteiger partial charge in [-0.05, 0) is 43.5 Å². The molecule has 2 rings (SSSR count). The minimum Gasteiger partial charge on any atom is -0.497 e. The molecule has 20 heavy (non-hydrogen) atoms. The number of carbonyl (C=O) groups is 1. The predicted molar refractivity (Wildman–Crippen MR) is 75.1 cm³/mol. The number of amides is 1. The monoisotopic (exact) mass is 279 g/mol. The van der Waals surface area contributed by atoms with Crippen molar-refractivity contribution < 1.29 is 19.0 Å². The van der Waals surface area contributed by atoms with Gasteiger partial charge in [-0.15, -0.1) is 0 Å². The van der Waals surface area contributed by atoms with Crippen LogP contribution >= 0.6 is 0 Å². The summed E-state index contributed by atoms with van der Waals surface area (Å²) in [5.41, 5.74) is 0. The number of hydrogen-bond donors (Lipinski definition) is 1. The molecule has 1 aliphatic heterocycles. The van der Waals surface area contributed by atoms with E-state index in [1.165, 1.54) is 0 Å². The van der Waals surface area contributed by atoms with Crippen LogP contribution in [0.1, 0.15) is 19.3 Å². The third-order valence-electron chi connectivity index (χ3n) is 3.17. The minimum atomic E-state index is -0.252. The second-order valence-corrected chi connectivity index (χ2v) is 4.67. The Morgan fingerprint density at radius 3 is 2.75 bits per heavy atom. The Bertz CT molecular complexity index is 412. The number of ether oxygens (including phenoxy) is 3. The lowest BCUT2D eigenvalue weighted by Crippen LogP contribution is -2.35. The zero-order chi connectivity index (χ0) is 14.2. The molecule has 1 aliphatic rings. The molecule has 1 amide bonds. The van der Waals surface area contributed by atoms with Crippen molar-refractivity contribution in [3.8, 4) is 11.5 Å². The van der Waals surface area contributed by atoms with Gasteiger partial charge in [0.1, 0.15) is 17.6 Å². The highest BCUT2D eigenvalue weighted by atomic mass is 16.5. The van der Waals surface area contributed by atoms with E-state index in [0.29, 0.717) is 19.8 Å². The Hall–Kier alpha value is -1.75. The molecular formula is C15H21NO4. The van der Waals surface area contributed by atoms with E-state index in [-0.39, 0.29) is 12.0 Å². The molecule has 0 aromatic heterocycles. The van der Waals surface area contributed by atoms with Gasteiger partial charge in [-0.2, -0.15) is 0 Å². The quantitative estimate of drug-likeness (QED) is 0.773. The summed E-state index contributed by atoms with van der Waals surface area (Å²) in [6, 6.07) is 7.44. The van der Waals surface area contributed by atoms with Crippen molar-refractivity contribution in [2.45, 2.75) is 25.4 Å². The normalized spacial score (nSPS) is 17.8. The van der Waals surface area contributed by atoms with Crippen LogP contribution in [-0.4, -0.2) is 38.9 Å². The van der Waals surface area contributed by atoms with Crippen LogP contribution in [0.5, 0.6) is 11.5 Å². The van der Waals surface area contributed by atoms with Crippen molar-refractivity contribution in [1.82, 2.24) is 5.32 Å². The first-order chi connectivity index (χ1) is 9.79. The van der Waals surface area contributed by atoms with Gasteiger partial charge in [0.05, 0.1) is 13.7 Å². The van der Waals surface area contributed by atoms with Crippen molar-refractivity contribution in [2.75, 3.05) is 26.9 Å². The van der Waals surface area contributed by atoms with E-state index in [0.717, 1.165) is 30.8 Å². The SMILES string of the molecule is COc1ccc(OCCCNC(=O)C2CCCO2)cc1. The van der Waals surface area contributed by atoms with Crippen LogP contribution in [0.25, 0.3) is 0 Å². The maximum Gasteiger partial charge on any atom is 0.249 e. The van der Waals surface area contributed by atoms with E-state index >= 15 is 0 Å². The number of carbonyl (C=O) groups excluding carboxylic acids is 1. The standard InChI is InChI=1S/C15H21NO4/c1-18-12-5-7-13(8-6-12)19-11-3-9-16-15(17)14-4-2-10-20-14/h5-8,14H,2-4,9-11H2,1H3,(H,16,17). The number of hydrogen-bond acceptors (Lipinski definition) is 4. The lowest BCUT2D eigenvalue weighted by atomic mass is 10.2. The number of benzene rings is 1. The van der Waals surface area contributed by atoms with Crippen LogP contribution in [0.4, 0.5) is 0 Å². The third-order valence-corrected chi connectivity index (χ3v) is 3.17. The maximum atomic E-state index is 11.7. The minimum absolute atomic E-state index is 0.00746. The predicted octanol–water partition coefficient (Wildman–Crippen LogP) is 1.76. The Morgan fingerprint density at radius 2 is 2.10 bits per heavy atom. The molecular weight excluding hydrogens is 258 g/mol. The number of methoxy groups -OCH3 is 1. The van der Waals surface area contributed by atoms with Crippen molar-refractivity contribution in [2.24, 2.45) is 0 Å². The molecule has 1 unspecified atom stereocenters. The first-order valence-corrected chi connectivity index (χ1v) is 6.96. The second-order valence-electron chi connectivity index (χ2n) is 4.67. The summed E-state index contributed by atoms with van der Waals surface area (Å²) in [5.74, 6) is 1.60. The van der Waals surface area contributed by atoms with E-state index in [1.807, 2.05) is 24.3 Å². The Balaban J connectivity index is 1.57. The maximum absolute atomic E-state index is 11.7. The summed E-state index contributed by atoms with van der Waals surface area (Å²) >= 11 is 0. The zero-order valence-corrected chi connectivity index (χ0v) is 11.8. The molecule has 0 spiro atoms. The van der Waals surface area contributed by atoms with E-state index in [9.17, 15) is 4.79 Å². The Kier molecular flexibility index (Phi) is 5.68. The lowest BCUT2D eigenvalue weighted by Gasteiger charge is -2.11. The number of nitrogens with one attached hydrogen (secondary N) is 1. The average Bonchev–Trinajstić information content (AvgIpc) is 3.01. The van der Waals surface area contributed by atoms with Gasteiger partial charge in [0, 0.05) is 13.2 Å². The van der Waals surface area contributed by atoms with Crippen molar-refractivity contribution in [3.63, 3.8) is 0 Å². The van der Waals surface area contributed by atoms with E-state index in [2.05, 4.69) is 5.32 Å². The average molecular weight is 279 g/mol. The molecule has 0 bridgehead atoms. The first-order valence-electron chi connectivity index (χ1n) is 6.96. The van der Waals surface area contributed by atoms with Gasteiger partial charge in [-0.3, -0.25) is 4.79 Å². The molecule has 0 saturated carbocycles. The molecule has 0 aliphatic carbocycles. The van der Waals surface area contributed by atoms with Crippen molar-refractivity contribution in [3.05, 3.63) is 24.3 Å². The summed E-state index contributed by atoms with van der Waals surface area (Å²) in [6.07, 6.45) is 2.31. The molecule has 1 atom stereocenters. The highest BCUT2D eigenvalue weighted by molar-refractivity contribution is 5.80. The van der Waals surface area contributed by atoms with Crippen LogP contribution in [-0.2, 0) is 9.53 Å². The van der Waals surface area contributed by atoms with E-state index < -0.39 is 0 Å². The fourth-order valence-electron chi connectivity index (χ4n) is 2.04. The van der Waals surface area contributed by atoms with E-state index in [1.54, 1.807) is 7.11 Å². The van der Waals surface area contributed by atoms with Crippen LogP contribution in [0, 0.1) is 0 Å². The van der Waals surface area contributed by atoms with Crippen molar-refractivity contribution >= 4 is 5.91 Å². The summed E-state index contributed by atoms with van der Waals surface area (Å²) < 4.78 is 16.0.